The number of aliphatic carboxylic acids is 1. The molecule has 0 heterocycles. The smallest absolute Gasteiger partial charge is 0.472 e. The highest BCUT2D eigenvalue weighted by Crippen LogP contribution is 2.43. The van der Waals surface area contributed by atoms with E-state index < -0.39 is 63.8 Å². The van der Waals surface area contributed by atoms with Crippen LogP contribution in [0.4, 0.5) is 0 Å². The number of unbranched alkanes of at least 4 members (excludes halogenated alkanes) is 13. The van der Waals surface area contributed by atoms with Crippen LogP contribution in [-0.4, -0.2) is 71.1 Å². The summed E-state index contributed by atoms with van der Waals surface area (Å²) in [7, 11) is -4.76. The standard InChI is InChI=1S/C48H80NO11P/c1-3-5-7-9-11-12-13-14-15-16-17-18-19-20-21-22-26-30-34-38-46(51)57-40-44(41-58-61(55,56)59-42-45(49)48(53)54)60-47(52)39-35-31-27-24-23-25-29-33-37-43(50)36-32-28-10-8-6-4-2/h6,8,11-12,14-15,24-25,27-29,32-33,37,43-45,50H,3-5,7,9-10,13,16-23,26,30-31,34-36,38-42,49H2,1-2H3,(H,53,54)(H,55,56)/b8-6-,12-11-,15-14-,27-24-,29-25-,32-28-,37-33+/t43?,44-,45+/m1/s1. The van der Waals surface area contributed by atoms with Crippen LogP contribution >= 0.6 is 7.82 Å². The Morgan fingerprint density at radius 1 is 0.607 bits per heavy atom. The van der Waals surface area contributed by atoms with Crippen LogP contribution in [0.25, 0.3) is 0 Å². The number of aliphatic hydroxyl groups excluding tert-OH is 1. The molecule has 348 valence electrons. The molecule has 5 N–H and O–H groups in total. The molecule has 0 bridgehead atoms. The lowest BCUT2D eigenvalue weighted by molar-refractivity contribution is -0.161. The molecule has 0 saturated carbocycles. The molecule has 0 aromatic heterocycles. The third kappa shape index (κ3) is 41.7. The van der Waals surface area contributed by atoms with Crippen LogP contribution in [-0.2, 0) is 37.5 Å². The normalized spacial score (nSPS) is 15.0. The number of allylic oxidation sites excluding steroid dienone is 12. The summed E-state index contributed by atoms with van der Waals surface area (Å²) in [6.07, 6.45) is 48.2. The van der Waals surface area contributed by atoms with Crippen LogP contribution in [0, 0.1) is 0 Å². The summed E-state index contributed by atoms with van der Waals surface area (Å²) in [4.78, 5) is 46.0. The van der Waals surface area contributed by atoms with Crippen molar-refractivity contribution in [1.29, 1.82) is 0 Å². The maximum absolute atomic E-state index is 12.6. The third-order valence-electron chi connectivity index (χ3n) is 9.21. The number of carboxylic acids is 1. The number of rotatable bonds is 41. The van der Waals surface area contributed by atoms with E-state index in [4.69, 9.17) is 24.8 Å². The Bertz CT molecular complexity index is 1370. The first-order chi connectivity index (χ1) is 29.5. The van der Waals surface area contributed by atoms with Crippen molar-refractivity contribution in [2.24, 2.45) is 5.73 Å². The predicted molar refractivity (Wildman–Crippen MR) is 246 cm³/mol. The zero-order valence-electron chi connectivity index (χ0n) is 37.3. The zero-order valence-corrected chi connectivity index (χ0v) is 38.2. The number of hydrogen-bond acceptors (Lipinski definition) is 10. The number of ether oxygens (including phenoxy) is 2. The highest BCUT2D eigenvalue weighted by molar-refractivity contribution is 7.47. The Balaban J connectivity index is 4.49. The summed E-state index contributed by atoms with van der Waals surface area (Å²) in [5.41, 5.74) is 5.33. The molecule has 0 radical (unpaired) electrons. The number of carboxylic acid groups (broad SMARTS) is 1. The molecule has 0 saturated heterocycles. The minimum absolute atomic E-state index is 0.0457. The average molecular weight is 878 g/mol. The fourth-order valence-corrected chi connectivity index (χ4v) is 6.40. The summed E-state index contributed by atoms with van der Waals surface area (Å²) in [5, 5.41) is 18.9. The Kier molecular flexibility index (Phi) is 39.6. The molecule has 4 atom stereocenters. The maximum atomic E-state index is 12.6. The van der Waals surface area contributed by atoms with Gasteiger partial charge >= 0.3 is 25.7 Å². The summed E-state index contributed by atoms with van der Waals surface area (Å²) in [6.45, 7) is 2.51. The monoisotopic (exact) mass is 878 g/mol. The highest BCUT2D eigenvalue weighted by Gasteiger charge is 2.28. The van der Waals surface area contributed by atoms with Gasteiger partial charge < -0.3 is 30.3 Å². The van der Waals surface area contributed by atoms with Crippen molar-refractivity contribution in [1.82, 2.24) is 0 Å². The molecule has 12 nitrogen and oxygen atoms in total. The number of esters is 2. The van der Waals surface area contributed by atoms with Gasteiger partial charge in [0.1, 0.15) is 12.6 Å². The van der Waals surface area contributed by atoms with Crippen molar-refractivity contribution in [3.05, 3.63) is 85.1 Å². The second-order valence-electron chi connectivity index (χ2n) is 15.0. The second kappa shape index (κ2) is 41.9. The fourth-order valence-electron chi connectivity index (χ4n) is 5.63. The van der Waals surface area contributed by atoms with Gasteiger partial charge in [0.25, 0.3) is 0 Å². The first-order valence-electron chi connectivity index (χ1n) is 22.7. The SMILES string of the molecule is CC/C=C\C/C=C\CC(O)/C=C/C=C\C/C=C\CCCC(=O)O[C@H](COC(=O)CCCCCCCCCCC/C=C\C/C=C\CCCCC)COP(=O)(O)OC[C@H](N)C(=O)O. The van der Waals surface area contributed by atoms with Gasteiger partial charge in [-0.15, -0.1) is 0 Å². The average Bonchev–Trinajstić information content (AvgIpc) is 3.23. The van der Waals surface area contributed by atoms with Crippen LogP contribution in [0.1, 0.15) is 162 Å². The molecule has 0 amide bonds. The van der Waals surface area contributed by atoms with E-state index in [0.29, 0.717) is 32.1 Å². The van der Waals surface area contributed by atoms with Crippen molar-refractivity contribution in [3.8, 4) is 0 Å². The van der Waals surface area contributed by atoms with E-state index >= 15 is 0 Å². The molecule has 0 aromatic rings. The number of phosphoric ester groups is 1. The first-order valence-corrected chi connectivity index (χ1v) is 24.2. The number of carbonyl (C=O) groups is 3. The molecule has 0 fully saturated rings. The lowest BCUT2D eigenvalue weighted by Crippen LogP contribution is -2.34. The van der Waals surface area contributed by atoms with Crippen LogP contribution < -0.4 is 5.73 Å². The zero-order chi connectivity index (χ0) is 45.1. The van der Waals surface area contributed by atoms with E-state index in [0.717, 1.165) is 44.9 Å². The molecule has 0 aromatic carbocycles. The number of carbonyl (C=O) groups excluding carboxylic acids is 2. The summed E-state index contributed by atoms with van der Waals surface area (Å²) in [6, 6.07) is -1.55. The molecule has 0 rings (SSSR count). The fraction of sp³-hybridized carbons (Fsp3) is 0.646. The minimum Gasteiger partial charge on any atom is -0.480 e. The van der Waals surface area contributed by atoms with Crippen molar-refractivity contribution >= 4 is 25.7 Å². The molecule has 0 spiro atoms. The van der Waals surface area contributed by atoms with E-state index in [9.17, 15) is 28.9 Å². The molecule has 61 heavy (non-hydrogen) atoms. The molecular formula is C48H80NO11P. The van der Waals surface area contributed by atoms with Crippen molar-refractivity contribution in [2.45, 2.75) is 180 Å². The van der Waals surface area contributed by atoms with Gasteiger partial charge in [-0.1, -0.05) is 157 Å². The Labute approximate surface area is 367 Å². The predicted octanol–water partition coefficient (Wildman–Crippen LogP) is 11.3. The van der Waals surface area contributed by atoms with Crippen LogP contribution in [0.5, 0.6) is 0 Å². The Morgan fingerprint density at radius 2 is 1.13 bits per heavy atom. The second-order valence-corrected chi connectivity index (χ2v) is 16.5. The van der Waals surface area contributed by atoms with E-state index in [1.165, 1.54) is 57.8 Å². The third-order valence-corrected chi connectivity index (χ3v) is 10.2. The van der Waals surface area contributed by atoms with Crippen molar-refractivity contribution < 1.29 is 52.6 Å². The molecule has 13 heteroatoms. The number of hydrogen-bond donors (Lipinski definition) is 4. The Morgan fingerprint density at radius 3 is 1.75 bits per heavy atom. The van der Waals surface area contributed by atoms with Gasteiger partial charge in [0.05, 0.1) is 19.3 Å². The minimum atomic E-state index is -4.76. The largest absolute Gasteiger partial charge is 0.480 e. The molecule has 2 unspecified atom stereocenters. The molecular weight excluding hydrogens is 797 g/mol. The lowest BCUT2D eigenvalue weighted by atomic mass is 10.1. The summed E-state index contributed by atoms with van der Waals surface area (Å²) in [5.74, 6) is -2.52. The van der Waals surface area contributed by atoms with Crippen LogP contribution in [0.15, 0.2) is 85.1 Å². The number of phosphoric acid groups is 1. The molecule has 0 aliphatic heterocycles. The molecule has 0 aliphatic rings. The number of aliphatic hydroxyl groups is 1. The summed E-state index contributed by atoms with van der Waals surface area (Å²) >= 11 is 0. The van der Waals surface area contributed by atoms with Crippen LogP contribution in [0.3, 0.4) is 0 Å². The Hall–Kier alpha value is -3.38. The van der Waals surface area contributed by atoms with Crippen LogP contribution in [0.2, 0.25) is 0 Å². The number of nitrogens with two attached hydrogens (primary N) is 1. The van der Waals surface area contributed by atoms with E-state index in [1.807, 2.05) is 42.5 Å². The first kappa shape index (κ1) is 57.6. The lowest BCUT2D eigenvalue weighted by Gasteiger charge is -2.20. The maximum Gasteiger partial charge on any atom is 0.472 e. The van der Waals surface area contributed by atoms with E-state index in [-0.39, 0.29) is 12.8 Å². The summed E-state index contributed by atoms with van der Waals surface area (Å²) < 4.78 is 32.6. The van der Waals surface area contributed by atoms with Gasteiger partial charge in [-0.3, -0.25) is 23.4 Å². The van der Waals surface area contributed by atoms with Gasteiger partial charge in [-0.2, -0.15) is 0 Å². The van der Waals surface area contributed by atoms with Crippen molar-refractivity contribution in [2.75, 3.05) is 19.8 Å². The molecule has 0 aliphatic carbocycles. The highest BCUT2D eigenvalue weighted by atomic mass is 31.2. The van der Waals surface area contributed by atoms with Gasteiger partial charge in [0.15, 0.2) is 6.10 Å². The topological polar surface area (TPSA) is 192 Å². The van der Waals surface area contributed by atoms with Gasteiger partial charge in [-0.05, 0) is 77.0 Å². The van der Waals surface area contributed by atoms with Crippen molar-refractivity contribution in [3.63, 3.8) is 0 Å². The van der Waals surface area contributed by atoms with E-state index in [2.05, 4.69) is 54.8 Å². The quantitative estimate of drug-likeness (QED) is 0.0150. The van der Waals surface area contributed by atoms with Gasteiger partial charge in [0, 0.05) is 12.8 Å². The van der Waals surface area contributed by atoms with E-state index in [1.54, 1.807) is 6.08 Å². The van der Waals surface area contributed by atoms with Gasteiger partial charge in [-0.25, -0.2) is 4.57 Å². The van der Waals surface area contributed by atoms with Gasteiger partial charge in [0.2, 0.25) is 0 Å².